The quantitative estimate of drug-likeness (QED) is 0.494. The van der Waals surface area contributed by atoms with Crippen LogP contribution < -0.4 is 11.2 Å². The zero-order valence-electron chi connectivity index (χ0n) is 11.5. The van der Waals surface area contributed by atoms with Gasteiger partial charge in [-0.15, -0.1) is 0 Å². The number of carbonyl (C=O) groups is 2. The summed E-state index contributed by atoms with van der Waals surface area (Å²) in [6.45, 7) is 5.44. The van der Waals surface area contributed by atoms with Gasteiger partial charge in [-0.3, -0.25) is 14.6 Å². The van der Waals surface area contributed by atoms with Gasteiger partial charge in [0.1, 0.15) is 0 Å². The molecule has 0 spiro atoms. The first kappa shape index (κ1) is 15.5. The topological polar surface area (TPSA) is 75.4 Å². The molecule has 0 radical (unpaired) electrons. The van der Waals surface area contributed by atoms with Crippen LogP contribution in [-0.4, -0.2) is 29.4 Å². The number of benzene rings is 1. The summed E-state index contributed by atoms with van der Waals surface area (Å²) in [5, 5.41) is 3.91. The lowest BCUT2D eigenvalue weighted by Crippen LogP contribution is -2.50. The minimum Gasteiger partial charge on any atom is -0.355 e. The number of nitrogens with two attached hydrogens (primary N) is 1. The maximum atomic E-state index is 12.2. The normalized spacial score (nSPS) is 11.1. The maximum absolute atomic E-state index is 12.2. The predicted molar refractivity (Wildman–Crippen MR) is 75.0 cm³/mol. The minimum atomic E-state index is -0.521. The van der Waals surface area contributed by atoms with Gasteiger partial charge in [-0.25, -0.2) is 5.84 Å². The second-order valence-electron chi connectivity index (χ2n) is 5.15. The highest BCUT2D eigenvalue weighted by atomic mass is 35.5. The van der Waals surface area contributed by atoms with E-state index in [0.717, 1.165) is 5.01 Å². The fourth-order valence-corrected chi connectivity index (χ4v) is 1.67. The highest BCUT2D eigenvalue weighted by molar-refractivity contribution is 6.31. The van der Waals surface area contributed by atoms with E-state index in [4.69, 9.17) is 17.4 Å². The molecule has 0 saturated carbocycles. The van der Waals surface area contributed by atoms with Crippen molar-refractivity contribution in [2.24, 2.45) is 5.84 Å². The van der Waals surface area contributed by atoms with E-state index in [1.54, 1.807) is 0 Å². The third-order valence-corrected chi connectivity index (χ3v) is 2.79. The summed E-state index contributed by atoms with van der Waals surface area (Å²) in [4.78, 5) is 23.8. The molecule has 1 aromatic rings. The average Bonchev–Trinajstić information content (AvgIpc) is 2.34. The van der Waals surface area contributed by atoms with E-state index in [2.05, 4.69) is 5.32 Å². The number of halogens is 1. The second kappa shape index (κ2) is 5.59. The maximum Gasteiger partial charge on any atom is 0.268 e. The fourth-order valence-electron chi connectivity index (χ4n) is 1.43. The molecule has 3 N–H and O–H groups in total. The SMILES string of the molecule is CNC(=O)c1cc(Cl)cc(C(=O)N(N)C(C)(C)C)c1. The third-order valence-electron chi connectivity index (χ3n) is 2.58. The second-order valence-corrected chi connectivity index (χ2v) is 5.59. The molecule has 0 unspecified atom stereocenters. The Hall–Kier alpha value is -1.59. The Bertz CT molecular complexity index is 509. The zero-order valence-corrected chi connectivity index (χ0v) is 12.2. The van der Waals surface area contributed by atoms with Gasteiger partial charge in [0.2, 0.25) is 0 Å². The largest absolute Gasteiger partial charge is 0.355 e. The van der Waals surface area contributed by atoms with Crippen LogP contribution in [-0.2, 0) is 0 Å². The molecule has 0 heterocycles. The minimum absolute atomic E-state index is 0.281. The van der Waals surface area contributed by atoms with Crippen LogP contribution in [0.15, 0.2) is 18.2 Å². The van der Waals surface area contributed by atoms with Crippen molar-refractivity contribution in [1.29, 1.82) is 0 Å². The summed E-state index contributed by atoms with van der Waals surface area (Å²) in [6, 6.07) is 4.45. The van der Waals surface area contributed by atoms with Crippen LogP contribution in [0.4, 0.5) is 0 Å². The first-order chi connectivity index (χ1) is 8.66. The summed E-state index contributed by atoms with van der Waals surface area (Å²) >= 11 is 5.92. The van der Waals surface area contributed by atoms with Crippen molar-refractivity contribution in [2.45, 2.75) is 26.3 Å². The Kier molecular flexibility index (Phi) is 4.55. The van der Waals surface area contributed by atoms with Gasteiger partial charge in [-0.05, 0) is 39.0 Å². The molecule has 6 heteroatoms. The van der Waals surface area contributed by atoms with Crippen molar-refractivity contribution in [3.05, 3.63) is 34.3 Å². The fraction of sp³-hybridized carbons (Fsp3) is 0.385. The first-order valence-corrected chi connectivity index (χ1v) is 6.16. The summed E-state index contributed by atoms with van der Waals surface area (Å²) in [5.74, 6) is 5.08. The predicted octanol–water partition coefficient (Wildman–Crippen LogP) is 1.81. The number of hydrogen-bond donors (Lipinski definition) is 2. The van der Waals surface area contributed by atoms with Crippen LogP contribution in [0.25, 0.3) is 0 Å². The van der Waals surface area contributed by atoms with Gasteiger partial charge in [-0.1, -0.05) is 11.6 Å². The molecule has 0 fully saturated rings. The smallest absolute Gasteiger partial charge is 0.268 e. The molecule has 0 bridgehead atoms. The third kappa shape index (κ3) is 3.68. The van der Waals surface area contributed by atoms with E-state index in [0.29, 0.717) is 10.6 Å². The Morgan fingerprint density at radius 2 is 1.74 bits per heavy atom. The van der Waals surface area contributed by atoms with Crippen LogP contribution in [0, 0.1) is 0 Å². The molecule has 1 aromatic carbocycles. The molecular formula is C13H18ClN3O2. The van der Waals surface area contributed by atoms with Crippen molar-refractivity contribution in [3.63, 3.8) is 0 Å². The molecule has 0 aliphatic rings. The number of hydrazine groups is 1. The molecule has 0 aliphatic heterocycles. The summed E-state index contributed by atoms with van der Waals surface area (Å²) in [5.41, 5.74) is 0.0798. The molecule has 0 aliphatic carbocycles. The van der Waals surface area contributed by atoms with Gasteiger partial charge < -0.3 is 5.32 Å². The van der Waals surface area contributed by atoms with Crippen molar-refractivity contribution < 1.29 is 9.59 Å². The van der Waals surface area contributed by atoms with Crippen LogP contribution in [0.3, 0.4) is 0 Å². The molecule has 1 rings (SSSR count). The Morgan fingerprint density at radius 3 is 2.21 bits per heavy atom. The van der Waals surface area contributed by atoms with E-state index < -0.39 is 5.54 Å². The van der Waals surface area contributed by atoms with Gasteiger partial charge in [0.25, 0.3) is 11.8 Å². The van der Waals surface area contributed by atoms with Crippen molar-refractivity contribution in [2.75, 3.05) is 7.05 Å². The van der Waals surface area contributed by atoms with E-state index in [-0.39, 0.29) is 17.4 Å². The monoisotopic (exact) mass is 283 g/mol. The summed E-state index contributed by atoms with van der Waals surface area (Å²) in [6.07, 6.45) is 0. The van der Waals surface area contributed by atoms with E-state index in [1.807, 2.05) is 20.8 Å². The van der Waals surface area contributed by atoms with Gasteiger partial charge in [0.05, 0.1) is 5.54 Å². The Balaban J connectivity index is 3.18. The Morgan fingerprint density at radius 1 is 1.21 bits per heavy atom. The number of amides is 2. The molecule has 2 amide bonds. The molecule has 0 aromatic heterocycles. The van der Waals surface area contributed by atoms with Crippen molar-refractivity contribution in [3.8, 4) is 0 Å². The van der Waals surface area contributed by atoms with E-state index >= 15 is 0 Å². The molecule has 19 heavy (non-hydrogen) atoms. The molecule has 5 nitrogen and oxygen atoms in total. The Labute approximate surface area is 117 Å². The number of carbonyl (C=O) groups excluding carboxylic acids is 2. The summed E-state index contributed by atoms with van der Waals surface area (Å²) < 4.78 is 0. The van der Waals surface area contributed by atoms with Crippen LogP contribution in [0.1, 0.15) is 41.5 Å². The van der Waals surface area contributed by atoms with E-state index in [9.17, 15) is 9.59 Å². The lowest BCUT2D eigenvalue weighted by atomic mass is 10.0. The molecular weight excluding hydrogens is 266 g/mol. The molecule has 104 valence electrons. The first-order valence-electron chi connectivity index (χ1n) is 5.78. The molecule has 0 saturated heterocycles. The van der Waals surface area contributed by atoms with Crippen LogP contribution in [0.5, 0.6) is 0 Å². The van der Waals surface area contributed by atoms with E-state index in [1.165, 1.54) is 25.2 Å². The van der Waals surface area contributed by atoms with Crippen LogP contribution >= 0.6 is 11.6 Å². The van der Waals surface area contributed by atoms with Gasteiger partial charge in [-0.2, -0.15) is 0 Å². The van der Waals surface area contributed by atoms with Crippen molar-refractivity contribution >= 4 is 23.4 Å². The number of rotatable bonds is 2. The summed E-state index contributed by atoms with van der Waals surface area (Å²) in [7, 11) is 1.51. The van der Waals surface area contributed by atoms with Crippen molar-refractivity contribution in [1.82, 2.24) is 10.3 Å². The lowest BCUT2D eigenvalue weighted by Gasteiger charge is -2.31. The number of nitrogens with one attached hydrogen (secondary N) is 1. The number of hydrogen-bond acceptors (Lipinski definition) is 3. The highest BCUT2D eigenvalue weighted by Gasteiger charge is 2.25. The van der Waals surface area contributed by atoms with Crippen LogP contribution in [0.2, 0.25) is 5.02 Å². The van der Waals surface area contributed by atoms with Gasteiger partial charge in [0.15, 0.2) is 0 Å². The lowest BCUT2D eigenvalue weighted by molar-refractivity contribution is 0.0582. The van der Waals surface area contributed by atoms with Gasteiger partial charge in [0, 0.05) is 23.2 Å². The molecule has 0 atom stereocenters. The van der Waals surface area contributed by atoms with Gasteiger partial charge >= 0.3 is 0 Å². The standard InChI is InChI=1S/C13H18ClN3O2/c1-13(2,3)17(15)12(19)9-5-8(11(18)16-4)6-10(14)7-9/h5-7H,15H2,1-4H3,(H,16,18). The average molecular weight is 284 g/mol. The number of nitrogens with zero attached hydrogens (tertiary/aromatic N) is 1. The zero-order chi connectivity index (χ0) is 14.8. The highest BCUT2D eigenvalue weighted by Crippen LogP contribution is 2.19.